The van der Waals surface area contributed by atoms with Crippen molar-refractivity contribution in [1.29, 1.82) is 0 Å². The number of hydrogen-bond donors (Lipinski definition) is 0. The number of rotatable bonds is 3. The van der Waals surface area contributed by atoms with Gasteiger partial charge in [-0.05, 0) is 13.0 Å². The third kappa shape index (κ3) is 4.62. The molecule has 1 fully saturated rings. The lowest BCUT2D eigenvalue weighted by molar-refractivity contribution is -0.130. The first-order valence-corrected chi connectivity index (χ1v) is 11.1. The van der Waals surface area contributed by atoms with Crippen LogP contribution in [-0.4, -0.2) is 80.6 Å². The first kappa shape index (κ1) is 20.1. The standard InChI is InChI=1S/C19H29N3O4S/c1-15-5-6-17-16(11-15)12-22(27(4,24)25)14-19(26-17)7-9-21(10-8-19)13-18(23)20(2)3/h5-6,11H,7-10,12-14H2,1-4H3. The van der Waals surface area contributed by atoms with Crippen LogP contribution in [0.2, 0.25) is 0 Å². The Labute approximate surface area is 161 Å². The minimum atomic E-state index is -3.34. The SMILES string of the molecule is Cc1ccc2c(c1)CN(S(C)(=O)=O)CC1(CCN(CC(=O)N(C)C)CC1)O2. The molecule has 0 aromatic heterocycles. The van der Waals surface area contributed by atoms with E-state index in [1.165, 1.54) is 10.6 Å². The van der Waals surface area contributed by atoms with Gasteiger partial charge in [-0.15, -0.1) is 0 Å². The molecule has 27 heavy (non-hydrogen) atoms. The number of piperidine rings is 1. The second-order valence-corrected chi connectivity index (χ2v) is 9.97. The molecule has 150 valence electrons. The van der Waals surface area contributed by atoms with E-state index in [1.807, 2.05) is 25.1 Å². The molecule has 0 radical (unpaired) electrons. The summed E-state index contributed by atoms with van der Waals surface area (Å²) < 4.78 is 32.7. The fourth-order valence-electron chi connectivity index (χ4n) is 3.71. The number of hydrogen-bond acceptors (Lipinski definition) is 5. The van der Waals surface area contributed by atoms with Gasteiger partial charge in [-0.3, -0.25) is 9.69 Å². The van der Waals surface area contributed by atoms with Gasteiger partial charge in [0.1, 0.15) is 11.4 Å². The highest BCUT2D eigenvalue weighted by Crippen LogP contribution is 2.36. The maximum atomic E-state index is 12.4. The summed E-state index contributed by atoms with van der Waals surface area (Å²) in [7, 11) is 0.165. The van der Waals surface area contributed by atoms with Crippen LogP contribution < -0.4 is 4.74 Å². The van der Waals surface area contributed by atoms with Crippen molar-refractivity contribution in [3.8, 4) is 5.75 Å². The first-order chi connectivity index (χ1) is 12.6. The van der Waals surface area contributed by atoms with E-state index in [9.17, 15) is 13.2 Å². The van der Waals surface area contributed by atoms with Crippen LogP contribution >= 0.6 is 0 Å². The molecule has 1 spiro atoms. The lowest BCUT2D eigenvalue weighted by atomic mass is 9.91. The Morgan fingerprint density at radius 3 is 2.52 bits per heavy atom. The number of carbonyl (C=O) groups is 1. The van der Waals surface area contributed by atoms with E-state index in [2.05, 4.69) is 4.90 Å². The van der Waals surface area contributed by atoms with Gasteiger partial charge < -0.3 is 9.64 Å². The number of aryl methyl sites for hydroxylation is 1. The molecule has 2 aliphatic heterocycles. The summed E-state index contributed by atoms with van der Waals surface area (Å²) in [4.78, 5) is 15.7. The van der Waals surface area contributed by atoms with Gasteiger partial charge in [-0.25, -0.2) is 8.42 Å². The molecule has 3 rings (SSSR count). The van der Waals surface area contributed by atoms with E-state index in [4.69, 9.17) is 4.74 Å². The van der Waals surface area contributed by atoms with Gasteiger partial charge in [-0.2, -0.15) is 4.31 Å². The molecule has 0 aliphatic carbocycles. The number of likely N-dealkylation sites (N-methyl/N-ethyl adjacent to an activating group) is 1. The predicted octanol–water partition coefficient (Wildman–Crippen LogP) is 1.07. The average Bonchev–Trinajstić information content (AvgIpc) is 2.73. The molecule has 0 unspecified atom stereocenters. The molecular weight excluding hydrogens is 366 g/mol. The fourth-order valence-corrected chi connectivity index (χ4v) is 4.55. The fraction of sp³-hybridized carbons (Fsp3) is 0.632. The van der Waals surface area contributed by atoms with Crippen LogP contribution in [0.1, 0.15) is 24.0 Å². The van der Waals surface area contributed by atoms with Crippen LogP contribution in [0.5, 0.6) is 5.75 Å². The van der Waals surface area contributed by atoms with Gasteiger partial charge >= 0.3 is 0 Å². The smallest absolute Gasteiger partial charge is 0.236 e. The van der Waals surface area contributed by atoms with Gasteiger partial charge in [0.2, 0.25) is 15.9 Å². The Balaban J connectivity index is 1.82. The summed E-state index contributed by atoms with van der Waals surface area (Å²) >= 11 is 0. The summed E-state index contributed by atoms with van der Waals surface area (Å²) in [5.41, 5.74) is 1.43. The molecule has 0 N–H and O–H groups in total. The number of fused-ring (bicyclic) bond motifs is 1. The highest BCUT2D eigenvalue weighted by molar-refractivity contribution is 7.88. The normalized spacial score (nSPS) is 20.6. The molecule has 0 saturated carbocycles. The maximum absolute atomic E-state index is 12.4. The summed E-state index contributed by atoms with van der Waals surface area (Å²) in [5.74, 6) is 0.843. The summed E-state index contributed by atoms with van der Waals surface area (Å²) in [6.07, 6.45) is 2.63. The van der Waals surface area contributed by atoms with Gasteiger partial charge in [-0.1, -0.05) is 17.7 Å². The second kappa shape index (κ2) is 7.41. The maximum Gasteiger partial charge on any atom is 0.236 e. The largest absolute Gasteiger partial charge is 0.485 e. The van der Waals surface area contributed by atoms with Gasteiger partial charge in [0.05, 0.1) is 19.3 Å². The third-order valence-corrected chi connectivity index (χ3v) is 6.64. The van der Waals surface area contributed by atoms with Crippen molar-refractivity contribution in [2.75, 3.05) is 46.5 Å². The first-order valence-electron chi connectivity index (χ1n) is 9.24. The quantitative estimate of drug-likeness (QED) is 0.766. The Kier molecular flexibility index (Phi) is 5.52. The molecule has 1 aromatic carbocycles. The highest BCUT2D eigenvalue weighted by Gasteiger charge is 2.43. The van der Waals surface area contributed by atoms with E-state index < -0.39 is 15.6 Å². The highest BCUT2D eigenvalue weighted by atomic mass is 32.2. The van der Waals surface area contributed by atoms with Crippen LogP contribution in [0.25, 0.3) is 0 Å². The molecule has 0 bridgehead atoms. The lowest BCUT2D eigenvalue weighted by Crippen LogP contribution is -2.55. The van der Waals surface area contributed by atoms with E-state index in [-0.39, 0.29) is 5.91 Å². The molecule has 1 aromatic rings. The van der Waals surface area contributed by atoms with E-state index in [0.717, 1.165) is 16.9 Å². The Hall–Kier alpha value is -1.64. The Morgan fingerprint density at radius 1 is 1.26 bits per heavy atom. The van der Waals surface area contributed by atoms with Crippen molar-refractivity contribution in [3.05, 3.63) is 29.3 Å². The van der Waals surface area contributed by atoms with Crippen LogP contribution in [0.15, 0.2) is 18.2 Å². The van der Waals surface area contributed by atoms with Crippen molar-refractivity contribution in [2.24, 2.45) is 0 Å². The minimum absolute atomic E-state index is 0.0753. The zero-order chi connectivity index (χ0) is 19.8. The summed E-state index contributed by atoms with van der Waals surface area (Å²) in [6, 6.07) is 5.94. The molecule has 2 heterocycles. The number of carbonyl (C=O) groups excluding carboxylic acids is 1. The van der Waals surface area contributed by atoms with Crippen LogP contribution in [0.3, 0.4) is 0 Å². The van der Waals surface area contributed by atoms with E-state index in [0.29, 0.717) is 45.6 Å². The molecule has 1 saturated heterocycles. The van der Waals surface area contributed by atoms with Gasteiger partial charge in [0.15, 0.2) is 0 Å². The third-order valence-electron chi connectivity index (χ3n) is 5.45. The number of ether oxygens (including phenoxy) is 1. The second-order valence-electron chi connectivity index (χ2n) is 7.99. The molecule has 7 nitrogen and oxygen atoms in total. The molecule has 0 atom stereocenters. The molecule has 8 heteroatoms. The van der Waals surface area contributed by atoms with Gasteiger partial charge in [0.25, 0.3) is 0 Å². The monoisotopic (exact) mass is 395 g/mol. The summed E-state index contributed by atoms with van der Waals surface area (Å²) in [5, 5.41) is 0. The predicted molar refractivity (Wildman–Crippen MR) is 104 cm³/mol. The number of likely N-dealkylation sites (tertiary alicyclic amines) is 1. The zero-order valence-corrected chi connectivity index (χ0v) is 17.4. The number of nitrogens with zero attached hydrogens (tertiary/aromatic N) is 3. The van der Waals surface area contributed by atoms with Crippen molar-refractivity contribution in [1.82, 2.24) is 14.1 Å². The van der Waals surface area contributed by atoms with Crippen LogP contribution in [-0.2, 0) is 21.4 Å². The number of sulfonamides is 1. The molecule has 1 amide bonds. The van der Waals surface area contributed by atoms with Crippen molar-refractivity contribution in [3.63, 3.8) is 0 Å². The Morgan fingerprint density at radius 2 is 1.93 bits per heavy atom. The molecule has 2 aliphatic rings. The van der Waals surface area contributed by atoms with E-state index in [1.54, 1.807) is 19.0 Å². The van der Waals surface area contributed by atoms with Crippen LogP contribution in [0, 0.1) is 6.92 Å². The number of amides is 1. The lowest BCUT2D eigenvalue weighted by Gasteiger charge is -2.42. The number of benzene rings is 1. The topological polar surface area (TPSA) is 70.2 Å². The van der Waals surface area contributed by atoms with Crippen molar-refractivity contribution < 1.29 is 17.9 Å². The van der Waals surface area contributed by atoms with Crippen LogP contribution in [0.4, 0.5) is 0 Å². The average molecular weight is 396 g/mol. The van der Waals surface area contributed by atoms with Crippen molar-refractivity contribution >= 4 is 15.9 Å². The van der Waals surface area contributed by atoms with Crippen molar-refractivity contribution in [2.45, 2.75) is 31.9 Å². The van der Waals surface area contributed by atoms with Gasteiger partial charge in [0, 0.05) is 52.1 Å². The van der Waals surface area contributed by atoms with E-state index >= 15 is 0 Å². The zero-order valence-electron chi connectivity index (χ0n) is 16.6. The summed E-state index contributed by atoms with van der Waals surface area (Å²) in [6.45, 7) is 4.47. The molecular formula is C19H29N3O4S. The minimum Gasteiger partial charge on any atom is -0.485 e. The Bertz CT molecular complexity index is 814.